The summed E-state index contributed by atoms with van der Waals surface area (Å²) in [5, 5.41) is 3.81. The number of rotatable bonds is 3. The molecular formula is C9H13NO5. The average molecular weight is 215 g/mol. The molecule has 0 aromatic rings. The Labute approximate surface area is 87.1 Å². The summed E-state index contributed by atoms with van der Waals surface area (Å²) in [6.45, 7) is 1.22. The smallest absolute Gasteiger partial charge is 0.350 e. The van der Waals surface area contributed by atoms with E-state index in [9.17, 15) is 4.79 Å². The molecule has 2 aliphatic heterocycles. The number of hydrogen-bond acceptors (Lipinski definition) is 6. The number of methoxy groups -OCH3 is 1. The van der Waals surface area contributed by atoms with Gasteiger partial charge in [-0.2, -0.15) is 0 Å². The largest absolute Gasteiger partial charge is 0.466 e. The van der Waals surface area contributed by atoms with Crippen molar-refractivity contribution in [1.82, 2.24) is 0 Å². The molecule has 84 valence electrons. The molecule has 15 heavy (non-hydrogen) atoms. The van der Waals surface area contributed by atoms with Crippen molar-refractivity contribution in [2.45, 2.75) is 25.2 Å². The molecule has 0 bridgehead atoms. The number of hydrogen-bond donors (Lipinski definition) is 0. The summed E-state index contributed by atoms with van der Waals surface area (Å²) >= 11 is 0. The SMILES string of the molecule is COC(=O)[C@@H]1CC(CC2OCCO2)=NO1. The standard InChI is InChI=1S/C9H13NO5/c1-12-9(11)7-4-6(10-15-7)5-8-13-2-3-14-8/h7-8H,2-5H2,1H3/t7-/m0/s1. The van der Waals surface area contributed by atoms with Crippen molar-refractivity contribution in [3.63, 3.8) is 0 Å². The van der Waals surface area contributed by atoms with E-state index in [2.05, 4.69) is 9.89 Å². The molecule has 0 saturated carbocycles. The first kappa shape index (κ1) is 10.4. The third kappa shape index (κ3) is 2.45. The van der Waals surface area contributed by atoms with Gasteiger partial charge in [-0.15, -0.1) is 0 Å². The first-order valence-corrected chi connectivity index (χ1v) is 4.82. The normalized spacial score (nSPS) is 26.2. The molecule has 0 aromatic carbocycles. The van der Waals surface area contributed by atoms with Crippen LogP contribution in [0.3, 0.4) is 0 Å². The fourth-order valence-corrected chi connectivity index (χ4v) is 1.52. The summed E-state index contributed by atoms with van der Waals surface area (Å²) < 4.78 is 15.1. The molecule has 0 aromatic heterocycles. The van der Waals surface area contributed by atoms with Crippen molar-refractivity contribution in [3.05, 3.63) is 0 Å². The summed E-state index contributed by atoms with van der Waals surface area (Å²) in [6.07, 6.45) is 0.152. The average Bonchev–Trinajstić information content (AvgIpc) is 2.88. The summed E-state index contributed by atoms with van der Waals surface area (Å²) in [5.74, 6) is -0.401. The highest BCUT2D eigenvalue weighted by Crippen LogP contribution is 2.18. The van der Waals surface area contributed by atoms with Crippen LogP contribution in [0.1, 0.15) is 12.8 Å². The maximum atomic E-state index is 11.1. The fraction of sp³-hybridized carbons (Fsp3) is 0.778. The van der Waals surface area contributed by atoms with Gasteiger partial charge in [-0.3, -0.25) is 0 Å². The molecule has 1 fully saturated rings. The van der Waals surface area contributed by atoms with Crippen molar-refractivity contribution in [2.75, 3.05) is 20.3 Å². The minimum atomic E-state index is -0.605. The van der Waals surface area contributed by atoms with Crippen LogP contribution in [-0.2, 0) is 23.8 Å². The quantitative estimate of drug-likeness (QED) is 0.623. The van der Waals surface area contributed by atoms with Crippen molar-refractivity contribution in [2.24, 2.45) is 5.16 Å². The first-order chi connectivity index (χ1) is 7.29. The molecule has 0 unspecified atom stereocenters. The molecule has 1 saturated heterocycles. The maximum absolute atomic E-state index is 11.1. The number of ether oxygens (including phenoxy) is 3. The molecular weight excluding hydrogens is 202 g/mol. The lowest BCUT2D eigenvalue weighted by atomic mass is 10.1. The predicted octanol–water partition coefficient (Wildman–Crippen LogP) is 0.0673. The van der Waals surface area contributed by atoms with Gasteiger partial charge in [0.2, 0.25) is 6.10 Å². The molecule has 0 radical (unpaired) electrons. The van der Waals surface area contributed by atoms with E-state index < -0.39 is 12.1 Å². The van der Waals surface area contributed by atoms with Gasteiger partial charge in [0.25, 0.3) is 0 Å². The van der Waals surface area contributed by atoms with E-state index in [1.807, 2.05) is 0 Å². The third-order valence-corrected chi connectivity index (χ3v) is 2.29. The van der Waals surface area contributed by atoms with Gasteiger partial charge in [-0.05, 0) is 0 Å². The van der Waals surface area contributed by atoms with E-state index in [1.165, 1.54) is 7.11 Å². The molecule has 6 heteroatoms. The van der Waals surface area contributed by atoms with Gasteiger partial charge in [-0.1, -0.05) is 5.16 Å². The Balaban J connectivity index is 1.78. The molecule has 2 heterocycles. The molecule has 6 nitrogen and oxygen atoms in total. The van der Waals surface area contributed by atoms with E-state index in [0.717, 1.165) is 5.71 Å². The van der Waals surface area contributed by atoms with Crippen LogP contribution in [0.2, 0.25) is 0 Å². The van der Waals surface area contributed by atoms with Gasteiger partial charge in [0.15, 0.2) is 6.29 Å². The lowest BCUT2D eigenvalue weighted by Crippen LogP contribution is -2.23. The Morgan fingerprint density at radius 1 is 1.53 bits per heavy atom. The van der Waals surface area contributed by atoms with Gasteiger partial charge in [0, 0.05) is 12.8 Å². The van der Waals surface area contributed by atoms with Gasteiger partial charge >= 0.3 is 5.97 Å². The third-order valence-electron chi connectivity index (χ3n) is 2.29. The predicted molar refractivity (Wildman–Crippen MR) is 49.3 cm³/mol. The second-order valence-electron chi connectivity index (χ2n) is 3.35. The van der Waals surface area contributed by atoms with Gasteiger partial charge in [0.1, 0.15) is 0 Å². The number of nitrogens with zero attached hydrogens (tertiary/aromatic N) is 1. The number of carbonyl (C=O) groups is 1. The Kier molecular flexibility index (Phi) is 3.17. The Morgan fingerprint density at radius 2 is 2.27 bits per heavy atom. The van der Waals surface area contributed by atoms with E-state index in [4.69, 9.17) is 14.3 Å². The summed E-state index contributed by atoms with van der Waals surface area (Å²) in [4.78, 5) is 16.0. The highest BCUT2D eigenvalue weighted by atomic mass is 16.7. The maximum Gasteiger partial charge on any atom is 0.350 e. The summed E-state index contributed by atoms with van der Waals surface area (Å²) in [6, 6.07) is 0. The van der Waals surface area contributed by atoms with Crippen molar-refractivity contribution >= 4 is 11.7 Å². The monoisotopic (exact) mass is 215 g/mol. The van der Waals surface area contributed by atoms with Crippen LogP contribution in [0.5, 0.6) is 0 Å². The van der Waals surface area contributed by atoms with E-state index >= 15 is 0 Å². The highest BCUT2D eigenvalue weighted by Gasteiger charge is 2.31. The van der Waals surface area contributed by atoms with Crippen molar-refractivity contribution < 1.29 is 23.8 Å². The Hall–Kier alpha value is -1.14. The molecule has 0 aliphatic carbocycles. The van der Waals surface area contributed by atoms with Gasteiger partial charge in [0.05, 0.1) is 26.0 Å². The van der Waals surface area contributed by atoms with Crippen LogP contribution in [0.25, 0.3) is 0 Å². The zero-order chi connectivity index (χ0) is 10.7. The van der Waals surface area contributed by atoms with E-state index in [1.54, 1.807) is 0 Å². The Bertz CT molecular complexity index is 272. The van der Waals surface area contributed by atoms with Crippen LogP contribution < -0.4 is 0 Å². The fourth-order valence-electron chi connectivity index (χ4n) is 1.52. The lowest BCUT2D eigenvalue weighted by Gasteiger charge is -2.07. The lowest BCUT2D eigenvalue weighted by molar-refractivity contribution is -0.152. The van der Waals surface area contributed by atoms with Crippen LogP contribution in [0, 0.1) is 0 Å². The number of carbonyl (C=O) groups excluding carboxylic acids is 1. The first-order valence-electron chi connectivity index (χ1n) is 4.82. The molecule has 0 amide bonds. The number of esters is 1. The second kappa shape index (κ2) is 4.59. The molecule has 2 aliphatic rings. The minimum absolute atomic E-state index is 0.247. The zero-order valence-corrected chi connectivity index (χ0v) is 8.47. The van der Waals surface area contributed by atoms with Crippen LogP contribution in [-0.4, -0.2) is 44.4 Å². The summed E-state index contributed by atoms with van der Waals surface area (Å²) in [5.41, 5.74) is 0.775. The summed E-state index contributed by atoms with van der Waals surface area (Å²) in [7, 11) is 1.33. The minimum Gasteiger partial charge on any atom is -0.466 e. The zero-order valence-electron chi connectivity index (χ0n) is 8.47. The van der Waals surface area contributed by atoms with Crippen LogP contribution in [0.4, 0.5) is 0 Å². The second-order valence-corrected chi connectivity index (χ2v) is 3.35. The number of oxime groups is 1. The van der Waals surface area contributed by atoms with Gasteiger partial charge < -0.3 is 19.0 Å². The van der Waals surface area contributed by atoms with E-state index in [0.29, 0.717) is 26.1 Å². The van der Waals surface area contributed by atoms with Crippen LogP contribution >= 0.6 is 0 Å². The highest BCUT2D eigenvalue weighted by molar-refractivity contribution is 5.91. The molecule has 1 atom stereocenters. The van der Waals surface area contributed by atoms with Gasteiger partial charge in [-0.25, -0.2) is 4.79 Å². The topological polar surface area (TPSA) is 66.4 Å². The van der Waals surface area contributed by atoms with Crippen molar-refractivity contribution in [3.8, 4) is 0 Å². The Morgan fingerprint density at radius 3 is 2.93 bits per heavy atom. The molecule has 0 N–H and O–H groups in total. The van der Waals surface area contributed by atoms with E-state index in [-0.39, 0.29) is 6.29 Å². The van der Waals surface area contributed by atoms with Crippen LogP contribution in [0.15, 0.2) is 5.16 Å². The molecule has 2 rings (SSSR count). The van der Waals surface area contributed by atoms with Crippen molar-refractivity contribution in [1.29, 1.82) is 0 Å². The molecule has 0 spiro atoms.